The van der Waals surface area contributed by atoms with Crippen molar-refractivity contribution < 1.29 is 0 Å². The van der Waals surface area contributed by atoms with Crippen molar-refractivity contribution in [3.8, 4) is 0 Å². The summed E-state index contributed by atoms with van der Waals surface area (Å²) in [5, 5.41) is 7.93. The van der Waals surface area contributed by atoms with Crippen LogP contribution in [0, 0.1) is 0 Å². The van der Waals surface area contributed by atoms with Gasteiger partial charge in [0.05, 0.1) is 13.1 Å². The molecule has 2 aromatic carbocycles. The number of amidine groups is 2. The zero-order valence-electron chi connectivity index (χ0n) is 14.9. The molecule has 4 nitrogen and oxygen atoms in total. The molecule has 0 radical (unpaired) electrons. The van der Waals surface area contributed by atoms with Gasteiger partial charge in [-0.3, -0.25) is 9.98 Å². The van der Waals surface area contributed by atoms with Crippen molar-refractivity contribution in [3.63, 3.8) is 0 Å². The average molecular weight is 372 g/mol. The standard InChI is InChI=1S/C22H20N4S/c1-4-16(21-23-9-10-24-21)5-2-15(1)3-7-19-14-18-13-17(6-8-20(18)27-19)22-25-11-12-26-22/h1-8,13-14H,9-12H2,(H,23,24)(H,25,26). The van der Waals surface area contributed by atoms with E-state index in [1.54, 1.807) is 0 Å². The number of hydrogen-bond donors (Lipinski definition) is 2. The van der Waals surface area contributed by atoms with Gasteiger partial charge in [0.1, 0.15) is 11.7 Å². The molecule has 2 aliphatic rings. The summed E-state index contributed by atoms with van der Waals surface area (Å²) in [5.41, 5.74) is 3.52. The molecule has 2 N–H and O–H groups in total. The van der Waals surface area contributed by atoms with Crippen molar-refractivity contribution in [2.45, 2.75) is 0 Å². The van der Waals surface area contributed by atoms with Crippen LogP contribution in [-0.2, 0) is 0 Å². The maximum Gasteiger partial charge on any atom is 0.128 e. The maximum atomic E-state index is 4.51. The normalized spacial score (nSPS) is 16.4. The Labute approximate surface area is 162 Å². The van der Waals surface area contributed by atoms with E-state index in [0.29, 0.717) is 0 Å². The highest BCUT2D eigenvalue weighted by Crippen LogP contribution is 2.28. The summed E-state index contributed by atoms with van der Waals surface area (Å²) in [6.45, 7) is 3.61. The van der Waals surface area contributed by atoms with Crippen LogP contribution in [0.25, 0.3) is 22.2 Å². The summed E-state index contributed by atoms with van der Waals surface area (Å²) in [6, 6.07) is 17.4. The fourth-order valence-corrected chi connectivity index (χ4v) is 4.35. The topological polar surface area (TPSA) is 48.8 Å². The fourth-order valence-electron chi connectivity index (χ4n) is 3.41. The second-order valence-electron chi connectivity index (χ2n) is 6.67. The molecule has 134 valence electrons. The number of rotatable bonds is 4. The minimum absolute atomic E-state index is 0.868. The molecule has 0 unspecified atom stereocenters. The molecule has 0 bridgehead atoms. The predicted molar refractivity (Wildman–Crippen MR) is 116 cm³/mol. The summed E-state index contributed by atoms with van der Waals surface area (Å²) in [7, 11) is 0. The van der Waals surface area contributed by atoms with Gasteiger partial charge in [0.15, 0.2) is 0 Å². The number of hydrogen-bond acceptors (Lipinski definition) is 5. The zero-order valence-corrected chi connectivity index (χ0v) is 15.7. The highest BCUT2D eigenvalue weighted by Gasteiger charge is 2.10. The van der Waals surface area contributed by atoms with Crippen molar-refractivity contribution in [1.29, 1.82) is 0 Å². The van der Waals surface area contributed by atoms with Crippen LogP contribution < -0.4 is 10.6 Å². The first-order valence-corrected chi connectivity index (χ1v) is 10.1. The van der Waals surface area contributed by atoms with Gasteiger partial charge < -0.3 is 10.6 Å². The van der Waals surface area contributed by atoms with Crippen LogP contribution in [0.2, 0.25) is 0 Å². The third kappa shape index (κ3) is 3.38. The molecule has 3 aromatic rings. The Morgan fingerprint density at radius 1 is 0.778 bits per heavy atom. The highest BCUT2D eigenvalue weighted by molar-refractivity contribution is 7.19. The average Bonchev–Trinajstić information content (AvgIpc) is 3.47. The third-order valence-corrected chi connectivity index (χ3v) is 5.86. The van der Waals surface area contributed by atoms with Gasteiger partial charge in [-0.25, -0.2) is 0 Å². The molecule has 5 rings (SSSR count). The molecule has 3 heterocycles. The molecule has 0 saturated carbocycles. The summed E-state index contributed by atoms with van der Waals surface area (Å²) < 4.78 is 1.30. The smallest absolute Gasteiger partial charge is 0.128 e. The maximum absolute atomic E-state index is 4.51. The molecule has 2 aliphatic heterocycles. The Balaban J connectivity index is 1.35. The van der Waals surface area contributed by atoms with E-state index in [9.17, 15) is 0 Å². The lowest BCUT2D eigenvalue weighted by atomic mass is 10.1. The van der Waals surface area contributed by atoms with Gasteiger partial charge in [-0.2, -0.15) is 0 Å². The van der Waals surface area contributed by atoms with Crippen molar-refractivity contribution in [1.82, 2.24) is 10.6 Å². The van der Waals surface area contributed by atoms with E-state index in [4.69, 9.17) is 0 Å². The van der Waals surface area contributed by atoms with E-state index in [-0.39, 0.29) is 0 Å². The van der Waals surface area contributed by atoms with E-state index < -0.39 is 0 Å². The van der Waals surface area contributed by atoms with Gasteiger partial charge in [0.2, 0.25) is 0 Å². The van der Waals surface area contributed by atoms with Crippen LogP contribution in [0.5, 0.6) is 0 Å². The number of thiophene rings is 1. The van der Waals surface area contributed by atoms with E-state index in [0.717, 1.165) is 43.4 Å². The van der Waals surface area contributed by atoms with Gasteiger partial charge >= 0.3 is 0 Å². The minimum Gasteiger partial charge on any atom is -0.368 e. The van der Waals surface area contributed by atoms with Crippen LogP contribution in [0.4, 0.5) is 0 Å². The first-order valence-electron chi connectivity index (χ1n) is 9.24. The Hall–Kier alpha value is -2.92. The Bertz CT molecular complexity index is 1070. The van der Waals surface area contributed by atoms with Gasteiger partial charge in [-0.1, -0.05) is 30.3 Å². The Morgan fingerprint density at radius 2 is 1.48 bits per heavy atom. The predicted octanol–water partition coefficient (Wildman–Crippen LogP) is 3.77. The van der Waals surface area contributed by atoms with Crippen LogP contribution in [0.1, 0.15) is 21.6 Å². The zero-order chi connectivity index (χ0) is 18.1. The molecule has 5 heteroatoms. The molecular formula is C22H20N4S. The lowest BCUT2D eigenvalue weighted by Crippen LogP contribution is -2.19. The quantitative estimate of drug-likeness (QED) is 0.732. The molecule has 0 aliphatic carbocycles. The highest BCUT2D eigenvalue weighted by atomic mass is 32.1. The number of nitrogens with one attached hydrogen (secondary N) is 2. The molecular weight excluding hydrogens is 352 g/mol. The second kappa shape index (κ2) is 7.00. The number of benzene rings is 2. The van der Waals surface area contributed by atoms with Crippen LogP contribution in [0.15, 0.2) is 58.5 Å². The monoisotopic (exact) mass is 372 g/mol. The van der Waals surface area contributed by atoms with Crippen molar-refractivity contribution in [3.05, 3.63) is 70.1 Å². The molecule has 1 aromatic heterocycles. The van der Waals surface area contributed by atoms with E-state index in [1.165, 1.54) is 26.1 Å². The van der Waals surface area contributed by atoms with E-state index >= 15 is 0 Å². The van der Waals surface area contributed by atoms with E-state index in [2.05, 4.69) is 81.3 Å². The fraction of sp³-hybridized carbons (Fsp3) is 0.182. The van der Waals surface area contributed by atoms with Crippen molar-refractivity contribution >= 4 is 45.2 Å². The van der Waals surface area contributed by atoms with Gasteiger partial charge in [-0.05, 0) is 41.3 Å². The Kier molecular flexibility index (Phi) is 4.22. The molecule has 0 fully saturated rings. The molecule has 0 spiro atoms. The van der Waals surface area contributed by atoms with E-state index in [1.807, 2.05) is 11.3 Å². The molecule has 0 atom stereocenters. The first kappa shape index (κ1) is 16.3. The summed E-state index contributed by atoms with van der Waals surface area (Å²) in [6.07, 6.45) is 4.36. The SMILES string of the molecule is C(=Cc1cc2cc(C3=NCCN3)ccc2s1)c1ccc(C2=NCCN2)cc1. The number of nitrogens with zero attached hydrogens (tertiary/aromatic N) is 2. The van der Waals surface area contributed by atoms with Crippen molar-refractivity contribution in [2.24, 2.45) is 9.98 Å². The lowest BCUT2D eigenvalue weighted by molar-refractivity contribution is 0.960. The van der Waals surface area contributed by atoms with Crippen LogP contribution in [-0.4, -0.2) is 37.9 Å². The van der Waals surface area contributed by atoms with Crippen LogP contribution >= 0.6 is 11.3 Å². The number of aliphatic imine (C=N–C) groups is 2. The lowest BCUT2D eigenvalue weighted by Gasteiger charge is -2.02. The van der Waals surface area contributed by atoms with Gasteiger partial charge in [0.25, 0.3) is 0 Å². The summed E-state index contributed by atoms with van der Waals surface area (Å²) in [4.78, 5) is 10.2. The largest absolute Gasteiger partial charge is 0.368 e. The minimum atomic E-state index is 0.868. The van der Waals surface area contributed by atoms with Crippen LogP contribution in [0.3, 0.4) is 0 Å². The molecule has 0 saturated heterocycles. The summed E-state index contributed by atoms with van der Waals surface area (Å²) >= 11 is 1.82. The summed E-state index contributed by atoms with van der Waals surface area (Å²) in [5.74, 6) is 2.02. The van der Waals surface area contributed by atoms with Gasteiger partial charge in [0, 0.05) is 33.8 Å². The molecule has 0 amide bonds. The third-order valence-electron chi connectivity index (χ3n) is 4.78. The number of fused-ring (bicyclic) bond motifs is 1. The second-order valence-corrected chi connectivity index (χ2v) is 7.79. The first-order chi connectivity index (χ1) is 13.3. The van der Waals surface area contributed by atoms with Crippen molar-refractivity contribution in [2.75, 3.05) is 26.2 Å². The van der Waals surface area contributed by atoms with Gasteiger partial charge in [-0.15, -0.1) is 11.3 Å². The molecule has 27 heavy (non-hydrogen) atoms. The Morgan fingerprint density at radius 3 is 2.19 bits per heavy atom.